The first kappa shape index (κ1) is 15.7. The van der Waals surface area contributed by atoms with Crippen molar-refractivity contribution in [2.45, 2.75) is 32.6 Å². The first-order valence-electron chi connectivity index (χ1n) is 6.32. The summed E-state index contributed by atoms with van der Waals surface area (Å²) in [5.74, 6) is 0.658. The number of methoxy groups -OCH3 is 1. The van der Waals surface area contributed by atoms with Gasteiger partial charge in [-0.05, 0) is 24.6 Å². The Morgan fingerprint density at radius 1 is 1.47 bits per heavy atom. The summed E-state index contributed by atoms with van der Waals surface area (Å²) < 4.78 is 6.15. The summed E-state index contributed by atoms with van der Waals surface area (Å²) >= 11 is 3.38. The number of halogens is 1. The van der Waals surface area contributed by atoms with Gasteiger partial charge in [0.1, 0.15) is 5.75 Å². The molecule has 1 aromatic carbocycles. The minimum Gasteiger partial charge on any atom is -0.496 e. The minimum atomic E-state index is -0.0568. The van der Waals surface area contributed by atoms with Gasteiger partial charge in [0.05, 0.1) is 13.3 Å². The van der Waals surface area contributed by atoms with E-state index in [0.29, 0.717) is 12.2 Å². The van der Waals surface area contributed by atoms with Crippen LogP contribution in [0, 0.1) is 0 Å². The summed E-state index contributed by atoms with van der Waals surface area (Å²) in [4.78, 5) is 11.5. The van der Waals surface area contributed by atoms with E-state index >= 15 is 0 Å². The fraction of sp³-hybridized carbons (Fsp3) is 0.429. The van der Waals surface area contributed by atoms with E-state index in [1.165, 1.54) is 0 Å². The number of rotatable bonds is 7. The van der Waals surface area contributed by atoms with Gasteiger partial charge >= 0.3 is 0 Å². The van der Waals surface area contributed by atoms with Crippen molar-refractivity contribution in [2.24, 2.45) is 5.10 Å². The number of ether oxygens (including phenoxy) is 1. The molecule has 19 heavy (non-hydrogen) atoms. The number of hydrazone groups is 1. The van der Waals surface area contributed by atoms with Crippen LogP contribution in [0.15, 0.2) is 27.8 Å². The van der Waals surface area contributed by atoms with Gasteiger partial charge in [-0.2, -0.15) is 5.10 Å². The number of amides is 1. The molecule has 0 aromatic heterocycles. The van der Waals surface area contributed by atoms with Gasteiger partial charge in [0.15, 0.2) is 0 Å². The van der Waals surface area contributed by atoms with E-state index in [9.17, 15) is 4.79 Å². The van der Waals surface area contributed by atoms with E-state index in [1.807, 2.05) is 18.2 Å². The molecule has 0 aliphatic carbocycles. The van der Waals surface area contributed by atoms with Crippen molar-refractivity contribution in [3.05, 3.63) is 28.2 Å². The molecule has 0 bridgehead atoms. The van der Waals surface area contributed by atoms with Crippen molar-refractivity contribution in [1.82, 2.24) is 5.43 Å². The van der Waals surface area contributed by atoms with Crippen LogP contribution in [0.5, 0.6) is 5.75 Å². The van der Waals surface area contributed by atoms with Crippen molar-refractivity contribution in [3.63, 3.8) is 0 Å². The van der Waals surface area contributed by atoms with Gasteiger partial charge in [-0.3, -0.25) is 4.79 Å². The minimum absolute atomic E-state index is 0.0568. The molecule has 104 valence electrons. The predicted octanol–water partition coefficient (Wildman–Crippen LogP) is 3.49. The number of nitrogens with zero attached hydrogens (tertiary/aromatic N) is 1. The molecule has 0 aliphatic rings. The second kappa shape index (κ2) is 8.69. The van der Waals surface area contributed by atoms with E-state index in [4.69, 9.17) is 4.74 Å². The molecule has 0 spiro atoms. The summed E-state index contributed by atoms with van der Waals surface area (Å²) in [5, 5.41) is 3.94. The molecule has 0 saturated carbocycles. The number of carbonyl (C=O) groups is 1. The number of hydrogen-bond acceptors (Lipinski definition) is 3. The fourth-order valence-electron chi connectivity index (χ4n) is 1.57. The smallest absolute Gasteiger partial charge is 0.240 e. The lowest BCUT2D eigenvalue weighted by Crippen LogP contribution is -2.16. The Labute approximate surface area is 122 Å². The average molecular weight is 327 g/mol. The Morgan fingerprint density at radius 3 is 2.95 bits per heavy atom. The highest BCUT2D eigenvalue weighted by Gasteiger charge is 2.02. The zero-order valence-corrected chi connectivity index (χ0v) is 12.9. The van der Waals surface area contributed by atoms with Crippen LogP contribution in [-0.4, -0.2) is 19.2 Å². The molecule has 0 saturated heterocycles. The highest BCUT2D eigenvalue weighted by atomic mass is 79.9. The standard InChI is InChI=1S/C14H19BrN2O2/c1-3-4-5-6-14(18)17-16-10-11-9-12(15)7-8-13(11)19-2/h7-10H,3-6H2,1-2H3,(H,17,18)/b16-10+. The molecule has 0 unspecified atom stereocenters. The van der Waals surface area contributed by atoms with Crippen molar-refractivity contribution in [2.75, 3.05) is 7.11 Å². The van der Waals surface area contributed by atoms with E-state index in [-0.39, 0.29) is 5.91 Å². The lowest BCUT2D eigenvalue weighted by atomic mass is 10.2. The van der Waals surface area contributed by atoms with Gasteiger partial charge in [0, 0.05) is 16.5 Å². The lowest BCUT2D eigenvalue weighted by Gasteiger charge is -2.04. The topological polar surface area (TPSA) is 50.7 Å². The molecule has 1 amide bonds. The molecule has 0 atom stereocenters. The molecule has 1 aromatic rings. The molecule has 4 nitrogen and oxygen atoms in total. The zero-order valence-electron chi connectivity index (χ0n) is 11.3. The second-order valence-corrected chi connectivity index (χ2v) is 5.05. The zero-order chi connectivity index (χ0) is 14.1. The van der Waals surface area contributed by atoms with Crippen LogP contribution >= 0.6 is 15.9 Å². The van der Waals surface area contributed by atoms with Gasteiger partial charge in [0.2, 0.25) is 5.91 Å². The Morgan fingerprint density at radius 2 is 2.26 bits per heavy atom. The van der Waals surface area contributed by atoms with E-state index < -0.39 is 0 Å². The summed E-state index contributed by atoms with van der Waals surface area (Å²) in [5.41, 5.74) is 3.33. The number of carbonyl (C=O) groups excluding carboxylic acids is 1. The third-order valence-corrected chi connectivity index (χ3v) is 3.09. The summed E-state index contributed by atoms with van der Waals surface area (Å²) in [6, 6.07) is 5.61. The van der Waals surface area contributed by atoms with Gasteiger partial charge in [-0.15, -0.1) is 0 Å². The molecular formula is C14H19BrN2O2. The maximum absolute atomic E-state index is 11.5. The van der Waals surface area contributed by atoms with Crippen LogP contribution in [0.25, 0.3) is 0 Å². The first-order chi connectivity index (χ1) is 9.17. The van der Waals surface area contributed by atoms with Crippen molar-refractivity contribution in [3.8, 4) is 5.75 Å². The summed E-state index contributed by atoms with van der Waals surface area (Å²) in [7, 11) is 1.60. The molecule has 0 fully saturated rings. The highest BCUT2D eigenvalue weighted by Crippen LogP contribution is 2.21. The third kappa shape index (κ3) is 5.87. The van der Waals surface area contributed by atoms with E-state index in [2.05, 4.69) is 33.4 Å². The third-order valence-electron chi connectivity index (χ3n) is 2.59. The van der Waals surface area contributed by atoms with Crippen molar-refractivity contribution < 1.29 is 9.53 Å². The van der Waals surface area contributed by atoms with Gasteiger partial charge < -0.3 is 4.74 Å². The number of benzene rings is 1. The fourth-order valence-corrected chi connectivity index (χ4v) is 1.95. The summed E-state index contributed by atoms with van der Waals surface area (Å²) in [6.07, 6.45) is 5.17. The number of nitrogens with one attached hydrogen (secondary N) is 1. The number of unbranched alkanes of at least 4 members (excludes halogenated alkanes) is 2. The number of hydrogen-bond donors (Lipinski definition) is 1. The largest absolute Gasteiger partial charge is 0.496 e. The van der Waals surface area contributed by atoms with Crippen LogP contribution in [0.4, 0.5) is 0 Å². The van der Waals surface area contributed by atoms with Gasteiger partial charge in [0.25, 0.3) is 0 Å². The molecule has 0 heterocycles. The van der Waals surface area contributed by atoms with Crippen molar-refractivity contribution in [1.29, 1.82) is 0 Å². The second-order valence-electron chi connectivity index (χ2n) is 4.14. The monoisotopic (exact) mass is 326 g/mol. The highest BCUT2D eigenvalue weighted by molar-refractivity contribution is 9.10. The lowest BCUT2D eigenvalue weighted by molar-refractivity contribution is -0.121. The Bertz CT molecular complexity index is 447. The quantitative estimate of drug-likeness (QED) is 0.473. The molecule has 0 radical (unpaired) electrons. The molecule has 5 heteroatoms. The van der Waals surface area contributed by atoms with Crippen LogP contribution in [0.1, 0.15) is 38.2 Å². The van der Waals surface area contributed by atoms with Gasteiger partial charge in [-0.1, -0.05) is 35.7 Å². The SMILES string of the molecule is CCCCCC(=O)N/N=C/c1cc(Br)ccc1OC. The average Bonchev–Trinajstić information content (AvgIpc) is 2.39. The van der Waals surface area contributed by atoms with E-state index in [0.717, 1.165) is 29.3 Å². The molecular weight excluding hydrogens is 308 g/mol. The van der Waals surface area contributed by atoms with Crippen LogP contribution in [-0.2, 0) is 4.79 Å². The molecule has 0 aliphatic heterocycles. The van der Waals surface area contributed by atoms with E-state index in [1.54, 1.807) is 13.3 Å². The Hall–Kier alpha value is -1.36. The maximum atomic E-state index is 11.5. The normalized spacial score (nSPS) is 10.7. The molecule has 1 rings (SSSR count). The van der Waals surface area contributed by atoms with Crippen LogP contribution in [0.2, 0.25) is 0 Å². The van der Waals surface area contributed by atoms with Crippen LogP contribution < -0.4 is 10.2 Å². The Balaban J connectivity index is 2.52. The maximum Gasteiger partial charge on any atom is 0.240 e. The van der Waals surface area contributed by atoms with Crippen molar-refractivity contribution >= 4 is 28.1 Å². The molecule has 1 N–H and O–H groups in total. The first-order valence-corrected chi connectivity index (χ1v) is 7.12. The summed E-state index contributed by atoms with van der Waals surface area (Å²) in [6.45, 7) is 2.11. The van der Waals surface area contributed by atoms with Gasteiger partial charge in [-0.25, -0.2) is 5.43 Å². The Kier molecular flexibility index (Phi) is 7.18. The predicted molar refractivity (Wildman–Crippen MR) is 80.6 cm³/mol. The van der Waals surface area contributed by atoms with Crippen LogP contribution in [0.3, 0.4) is 0 Å².